The van der Waals surface area contributed by atoms with Gasteiger partial charge in [0.2, 0.25) is 0 Å². The van der Waals surface area contributed by atoms with Crippen molar-refractivity contribution < 1.29 is 0 Å². The molecule has 0 heterocycles. The fourth-order valence-electron chi connectivity index (χ4n) is 0.760. The van der Waals surface area contributed by atoms with E-state index < -0.39 is 0 Å². The maximum Gasteiger partial charge on any atom is 0.0966 e. The van der Waals surface area contributed by atoms with Crippen LogP contribution in [-0.4, -0.2) is 0 Å². The molecule has 0 unspecified atom stereocenters. The molecule has 0 radical (unpaired) electrons. The average molecular weight is 255 g/mol. The highest BCUT2D eigenvalue weighted by Crippen LogP contribution is 2.22. The summed E-state index contributed by atoms with van der Waals surface area (Å²) in [5.41, 5.74) is 0.853. The molecule has 3 heteroatoms. The zero-order chi connectivity index (χ0) is 9.68. The molecule has 1 nitrogen and oxygen atoms in total. The number of nitrogens with zero attached hydrogens (tertiary/aromatic N) is 1. The summed E-state index contributed by atoms with van der Waals surface area (Å²) in [7, 11) is 0. The predicted octanol–water partition coefficient (Wildman–Crippen LogP) is 3.37. The van der Waals surface area contributed by atoms with Crippen LogP contribution in [0.15, 0.2) is 22.7 Å². The highest BCUT2D eigenvalue weighted by molar-refractivity contribution is 9.10. The molecular weight excluding hydrogens is 249 g/mol. The minimum atomic E-state index is 0.250. The molecule has 0 atom stereocenters. The first-order chi connectivity index (χ1) is 6.24. The quantitative estimate of drug-likeness (QED) is 0.651. The SMILES string of the molecule is N#CCC#Cc1ccc(Cl)c(Br)c1. The molecule has 0 fully saturated rings. The molecule has 0 aliphatic rings. The van der Waals surface area contributed by atoms with Crippen LogP contribution in [0.25, 0.3) is 0 Å². The number of halogens is 2. The molecule has 1 rings (SSSR count). The highest BCUT2D eigenvalue weighted by Gasteiger charge is 1.95. The molecule has 0 N–H and O–H groups in total. The number of hydrogen-bond donors (Lipinski definition) is 0. The lowest BCUT2D eigenvalue weighted by Crippen LogP contribution is -1.75. The van der Waals surface area contributed by atoms with E-state index in [1.807, 2.05) is 18.2 Å². The Kier molecular flexibility index (Phi) is 3.83. The molecule has 0 bridgehead atoms. The van der Waals surface area contributed by atoms with Crippen molar-refractivity contribution in [3.05, 3.63) is 33.3 Å². The van der Waals surface area contributed by atoms with Crippen LogP contribution >= 0.6 is 27.5 Å². The van der Waals surface area contributed by atoms with E-state index in [4.69, 9.17) is 16.9 Å². The standard InChI is InChI=1S/C10H5BrClN/c11-9-7-8(3-1-2-6-13)4-5-10(9)12/h4-5,7H,2H2. The number of nitriles is 1. The molecule has 1 aromatic carbocycles. The van der Waals surface area contributed by atoms with Gasteiger partial charge in [0.05, 0.1) is 17.5 Å². The summed E-state index contributed by atoms with van der Waals surface area (Å²) in [6, 6.07) is 7.36. The lowest BCUT2D eigenvalue weighted by Gasteiger charge is -1.94. The summed E-state index contributed by atoms with van der Waals surface area (Å²) in [5.74, 6) is 5.58. The second-order valence-electron chi connectivity index (χ2n) is 2.27. The Labute approximate surface area is 90.5 Å². The van der Waals surface area contributed by atoms with Crippen LogP contribution in [0.4, 0.5) is 0 Å². The number of benzene rings is 1. The third-order valence-electron chi connectivity index (χ3n) is 1.32. The lowest BCUT2D eigenvalue weighted by atomic mass is 10.2. The van der Waals surface area contributed by atoms with Gasteiger partial charge in [-0.3, -0.25) is 0 Å². The van der Waals surface area contributed by atoms with Crippen molar-refractivity contribution in [3.63, 3.8) is 0 Å². The monoisotopic (exact) mass is 253 g/mol. The summed E-state index contributed by atoms with van der Waals surface area (Å²) >= 11 is 9.08. The Balaban J connectivity index is 2.89. The van der Waals surface area contributed by atoms with Gasteiger partial charge in [0.1, 0.15) is 0 Å². The summed E-state index contributed by atoms with van der Waals surface area (Å²) in [5, 5.41) is 8.92. The van der Waals surface area contributed by atoms with Gasteiger partial charge in [-0.1, -0.05) is 23.4 Å². The van der Waals surface area contributed by atoms with Crippen LogP contribution in [-0.2, 0) is 0 Å². The fraction of sp³-hybridized carbons (Fsp3) is 0.100. The molecule has 0 saturated carbocycles. The number of rotatable bonds is 0. The third-order valence-corrected chi connectivity index (χ3v) is 2.53. The first-order valence-electron chi connectivity index (χ1n) is 3.55. The molecular formula is C10H5BrClN. The molecule has 0 aromatic heterocycles. The Morgan fingerprint density at radius 1 is 1.46 bits per heavy atom. The van der Waals surface area contributed by atoms with Crippen LogP contribution in [0.5, 0.6) is 0 Å². The van der Waals surface area contributed by atoms with Gasteiger partial charge in [-0.25, -0.2) is 0 Å². The Bertz CT molecular complexity index is 409. The molecule has 13 heavy (non-hydrogen) atoms. The zero-order valence-electron chi connectivity index (χ0n) is 6.64. The Morgan fingerprint density at radius 2 is 2.23 bits per heavy atom. The van der Waals surface area contributed by atoms with Crippen molar-refractivity contribution >= 4 is 27.5 Å². The minimum absolute atomic E-state index is 0.250. The van der Waals surface area contributed by atoms with Gasteiger partial charge >= 0.3 is 0 Å². The second kappa shape index (κ2) is 4.92. The van der Waals surface area contributed by atoms with Crippen LogP contribution in [0.2, 0.25) is 5.02 Å². The zero-order valence-corrected chi connectivity index (χ0v) is 8.98. The van der Waals surface area contributed by atoms with Crippen molar-refractivity contribution in [2.24, 2.45) is 0 Å². The van der Waals surface area contributed by atoms with Crippen molar-refractivity contribution in [1.82, 2.24) is 0 Å². The van der Waals surface area contributed by atoms with E-state index in [1.165, 1.54) is 0 Å². The number of hydrogen-bond acceptors (Lipinski definition) is 1. The second-order valence-corrected chi connectivity index (χ2v) is 3.53. The van der Waals surface area contributed by atoms with E-state index in [2.05, 4.69) is 27.8 Å². The maximum absolute atomic E-state index is 8.26. The van der Waals surface area contributed by atoms with Crippen molar-refractivity contribution in [2.45, 2.75) is 6.42 Å². The summed E-state index contributed by atoms with van der Waals surface area (Å²) < 4.78 is 0.818. The van der Waals surface area contributed by atoms with Crippen LogP contribution in [0, 0.1) is 23.2 Å². The van der Waals surface area contributed by atoms with Crippen molar-refractivity contribution in [3.8, 4) is 17.9 Å². The molecule has 0 spiro atoms. The molecule has 0 aliphatic heterocycles. The van der Waals surface area contributed by atoms with Crippen LogP contribution in [0.1, 0.15) is 12.0 Å². The predicted molar refractivity (Wildman–Crippen MR) is 56.3 cm³/mol. The van der Waals surface area contributed by atoms with E-state index in [9.17, 15) is 0 Å². The minimum Gasteiger partial charge on any atom is -0.197 e. The first-order valence-corrected chi connectivity index (χ1v) is 4.72. The van der Waals surface area contributed by atoms with E-state index >= 15 is 0 Å². The van der Waals surface area contributed by atoms with Gasteiger partial charge in [0.25, 0.3) is 0 Å². The summed E-state index contributed by atoms with van der Waals surface area (Å²) in [6.07, 6.45) is 0.250. The summed E-state index contributed by atoms with van der Waals surface area (Å²) in [4.78, 5) is 0. The maximum atomic E-state index is 8.26. The summed E-state index contributed by atoms with van der Waals surface area (Å²) in [6.45, 7) is 0. The molecule has 64 valence electrons. The van der Waals surface area contributed by atoms with Gasteiger partial charge < -0.3 is 0 Å². The highest BCUT2D eigenvalue weighted by atomic mass is 79.9. The largest absolute Gasteiger partial charge is 0.197 e. The van der Waals surface area contributed by atoms with E-state index in [0.29, 0.717) is 5.02 Å². The molecule has 0 amide bonds. The fourth-order valence-corrected chi connectivity index (χ4v) is 1.26. The van der Waals surface area contributed by atoms with Crippen LogP contribution < -0.4 is 0 Å². The molecule has 0 aliphatic carbocycles. The molecule has 0 saturated heterocycles. The third kappa shape index (κ3) is 3.11. The van der Waals surface area contributed by atoms with Gasteiger partial charge in [-0.2, -0.15) is 5.26 Å². The van der Waals surface area contributed by atoms with E-state index in [1.54, 1.807) is 6.07 Å². The van der Waals surface area contributed by atoms with Gasteiger partial charge in [0.15, 0.2) is 0 Å². The molecule has 1 aromatic rings. The van der Waals surface area contributed by atoms with Gasteiger partial charge in [-0.15, -0.1) is 0 Å². The smallest absolute Gasteiger partial charge is 0.0966 e. The van der Waals surface area contributed by atoms with E-state index in [-0.39, 0.29) is 6.42 Å². The average Bonchev–Trinajstić information content (AvgIpc) is 2.12. The van der Waals surface area contributed by atoms with Gasteiger partial charge in [0, 0.05) is 10.0 Å². The van der Waals surface area contributed by atoms with Crippen molar-refractivity contribution in [1.29, 1.82) is 5.26 Å². The van der Waals surface area contributed by atoms with Gasteiger partial charge in [-0.05, 0) is 34.1 Å². The first kappa shape index (κ1) is 10.1. The lowest BCUT2D eigenvalue weighted by molar-refractivity contribution is 1.39. The Morgan fingerprint density at radius 3 is 2.85 bits per heavy atom. The van der Waals surface area contributed by atoms with E-state index in [0.717, 1.165) is 10.0 Å². The Hall–Kier alpha value is -0.960. The van der Waals surface area contributed by atoms with Crippen LogP contribution in [0.3, 0.4) is 0 Å². The van der Waals surface area contributed by atoms with Crippen molar-refractivity contribution in [2.75, 3.05) is 0 Å². The normalized spacial score (nSPS) is 8.38. The topological polar surface area (TPSA) is 23.8 Å².